The first-order valence-corrected chi connectivity index (χ1v) is 8.93. The molecular formula is C16H19Br2NO. The van der Waals surface area contributed by atoms with Crippen molar-refractivity contribution in [3.63, 3.8) is 0 Å². The number of nitrogens with zero attached hydrogens (tertiary/aromatic N) is 1. The molecular weight excluding hydrogens is 382 g/mol. The van der Waals surface area contributed by atoms with Crippen molar-refractivity contribution in [2.75, 3.05) is 13.1 Å². The molecule has 1 heterocycles. The molecule has 2 nitrogen and oxygen atoms in total. The van der Waals surface area contributed by atoms with Crippen molar-refractivity contribution in [3.8, 4) is 0 Å². The van der Waals surface area contributed by atoms with E-state index < -0.39 is 0 Å². The van der Waals surface area contributed by atoms with E-state index in [-0.39, 0.29) is 5.91 Å². The van der Waals surface area contributed by atoms with Crippen molar-refractivity contribution in [1.82, 2.24) is 4.90 Å². The monoisotopic (exact) mass is 399 g/mol. The van der Waals surface area contributed by atoms with Crippen LogP contribution in [-0.4, -0.2) is 23.9 Å². The number of hydrogen-bond donors (Lipinski definition) is 0. The van der Waals surface area contributed by atoms with Crippen LogP contribution in [-0.2, 0) is 0 Å². The lowest BCUT2D eigenvalue weighted by Gasteiger charge is -2.39. The second kappa shape index (κ2) is 5.80. The SMILES string of the molecule is O=C(c1cc(Br)ccc1Br)N1CCC2(CCCC2)CC1. The lowest BCUT2D eigenvalue weighted by atomic mass is 9.77. The number of hydrogen-bond acceptors (Lipinski definition) is 1. The third-order valence-corrected chi connectivity index (χ3v) is 6.12. The Morgan fingerprint density at radius 2 is 1.70 bits per heavy atom. The van der Waals surface area contributed by atoms with E-state index in [4.69, 9.17) is 0 Å². The Bertz CT molecular complexity index is 513. The average Bonchev–Trinajstić information content (AvgIpc) is 2.90. The molecule has 0 N–H and O–H groups in total. The number of piperidine rings is 1. The quantitative estimate of drug-likeness (QED) is 0.648. The largest absolute Gasteiger partial charge is 0.339 e. The summed E-state index contributed by atoms with van der Waals surface area (Å²) in [6, 6.07) is 5.79. The van der Waals surface area contributed by atoms with Gasteiger partial charge in [-0.1, -0.05) is 28.8 Å². The predicted octanol–water partition coefficient (Wildman–Crippen LogP) is 5.01. The van der Waals surface area contributed by atoms with Crippen LogP contribution in [0.4, 0.5) is 0 Å². The second-order valence-electron chi connectivity index (χ2n) is 6.12. The summed E-state index contributed by atoms with van der Waals surface area (Å²) in [7, 11) is 0. The van der Waals surface area contributed by atoms with E-state index in [2.05, 4.69) is 31.9 Å². The smallest absolute Gasteiger partial charge is 0.255 e. The van der Waals surface area contributed by atoms with E-state index in [9.17, 15) is 4.79 Å². The van der Waals surface area contributed by atoms with Gasteiger partial charge in [0, 0.05) is 22.0 Å². The molecule has 0 unspecified atom stereocenters. The lowest BCUT2D eigenvalue weighted by molar-refractivity contribution is 0.0586. The highest BCUT2D eigenvalue weighted by Gasteiger charge is 2.38. The maximum atomic E-state index is 12.7. The summed E-state index contributed by atoms with van der Waals surface area (Å²) in [4.78, 5) is 14.7. The molecule has 108 valence electrons. The van der Waals surface area contributed by atoms with E-state index in [1.165, 1.54) is 38.5 Å². The van der Waals surface area contributed by atoms with Gasteiger partial charge in [0.2, 0.25) is 0 Å². The minimum Gasteiger partial charge on any atom is -0.339 e. The molecule has 0 aromatic heterocycles. The highest BCUT2D eigenvalue weighted by atomic mass is 79.9. The summed E-state index contributed by atoms with van der Waals surface area (Å²) < 4.78 is 1.83. The highest BCUT2D eigenvalue weighted by molar-refractivity contribution is 9.11. The number of halogens is 2. The number of likely N-dealkylation sites (tertiary alicyclic amines) is 1. The molecule has 1 aromatic carbocycles. The molecule has 2 aliphatic rings. The molecule has 1 aliphatic heterocycles. The Morgan fingerprint density at radius 1 is 1.05 bits per heavy atom. The molecule has 1 aliphatic carbocycles. The summed E-state index contributed by atoms with van der Waals surface area (Å²) >= 11 is 6.93. The first kappa shape index (κ1) is 14.6. The number of benzene rings is 1. The fraction of sp³-hybridized carbons (Fsp3) is 0.562. The fourth-order valence-electron chi connectivity index (χ4n) is 3.64. The third kappa shape index (κ3) is 2.82. The van der Waals surface area contributed by atoms with Crippen LogP contribution in [0.1, 0.15) is 48.9 Å². The Labute approximate surface area is 137 Å². The van der Waals surface area contributed by atoms with Gasteiger partial charge in [-0.3, -0.25) is 4.79 Å². The molecule has 20 heavy (non-hydrogen) atoms. The van der Waals surface area contributed by atoms with E-state index in [0.717, 1.165) is 27.6 Å². The summed E-state index contributed by atoms with van der Waals surface area (Å²) in [5.74, 6) is 0.158. The van der Waals surface area contributed by atoms with Crippen LogP contribution >= 0.6 is 31.9 Å². The van der Waals surface area contributed by atoms with Crippen LogP contribution < -0.4 is 0 Å². The number of rotatable bonds is 1. The van der Waals surface area contributed by atoms with E-state index in [1.807, 2.05) is 23.1 Å². The molecule has 0 atom stereocenters. The van der Waals surface area contributed by atoms with Gasteiger partial charge in [0.25, 0.3) is 5.91 Å². The van der Waals surface area contributed by atoms with Gasteiger partial charge in [0.1, 0.15) is 0 Å². The van der Waals surface area contributed by atoms with Gasteiger partial charge in [0.15, 0.2) is 0 Å². The van der Waals surface area contributed by atoms with Gasteiger partial charge >= 0.3 is 0 Å². The number of carbonyl (C=O) groups excluding carboxylic acids is 1. The Balaban J connectivity index is 1.71. The van der Waals surface area contributed by atoms with Crippen molar-refractivity contribution in [2.24, 2.45) is 5.41 Å². The highest BCUT2D eigenvalue weighted by Crippen LogP contribution is 2.46. The summed E-state index contributed by atoms with van der Waals surface area (Å²) in [5, 5.41) is 0. The van der Waals surface area contributed by atoms with Crippen molar-refractivity contribution < 1.29 is 4.79 Å². The molecule has 1 aromatic rings. The minimum atomic E-state index is 0.158. The predicted molar refractivity (Wildman–Crippen MR) is 87.9 cm³/mol. The minimum absolute atomic E-state index is 0.158. The normalized spacial score (nSPS) is 21.4. The van der Waals surface area contributed by atoms with Gasteiger partial charge in [0.05, 0.1) is 5.56 Å². The maximum absolute atomic E-state index is 12.7. The van der Waals surface area contributed by atoms with Crippen LogP contribution in [0.3, 0.4) is 0 Å². The zero-order valence-corrected chi connectivity index (χ0v) is 14.7. The van der Waals surface area contributed by atoms with Gasteiger partial charge in [-0.15, -0.1) is 0 Å². The van der Waals surface area contributed by atoms with Crippen molar-refractivity contribution in [3.05, 3.63) is 32.7 Å². The molecule has 1 saturated heterocycles. The zero-order chi connectivity index (χ0) is 14.2. The number of amides is 1. The van der Waals surface area contributed by atoms with Crippen molar-refractivity contribution >= 4 is 37.8 Å². The summed E-state index contributed by atoms with van der Waals surface area (Å²) in [5.41, 5.74) is 1.33. The van der Waals surface area contributed by atoms with Crippen LogP contribution in [0.2, 0.25) is 0 Å². The second-order valence-corrected chi connectivity index (χ2v) is 7.89. The van der Waals surface area contributed by atoms with E-state index in [0.29, 0.717) is 5.41 Å². The van der Waals surface area contributed by atoms with Crippen LogP contribution in [0, 0.1) is 5.41 Å². The van der Waals surface area contributed by atoms with Gasteiger partial charge in [-0.2, -0.15) is 0 Å². The summed E-state index contributed by atoms with van der Waals surface area (Å²) in [6.07, 6.45) is 7.87. The van der Waals surface area contributed by atoms with Crippen molar-refractivity contribution in [1.29, 1.82) is 0 Å². The third-order valence-electron chi connectivity index (χ3n) is 4.93. The van der Waals surface area contributed by atoms with Gasteiger partial charge in [-0.05, 0) is 65.2 Å². The van der Waals surface area contributed by atoms with Crippen molar-refractivity contribution in [2.45, 2.75) is 38.5 Å². The molecule has 4 heteroatoms. The average molecular weight is 401 g/mol. The zero-order valence-electron chi connectivity index (χ0n) is 11.5. The molecule has 2 fully saturated rings. The lowest BCUT2D eigenvalue weighted by Crippen LogP contribution is -2.42. The molecule has 1 amide bonds. The first-order valence-electron chi connectivity index (χ1n) is 7.34. The number of carbonyl (C=O) groups is 1. The molecule has 0 bridgehead atoms. The molecule has 0 radical (unpaired) electrons. The molecule has 3 rings (SSSR count). The van der Waals surface area contributed by atoms with Crippen LogP contribution in [0.5, 0.6) is 0 Å². The van der Waals surface area contributed by atoms with Crippen LogP contribution in [0.25, 0.3) is 0 Å². The van der Waals surface area contributed by atoms with Crippen LogP contribution in [0.15, 0.2) is 27.1 Å². The first-order chi connectivity index (χ1) is 9.60. The van der Waals surface area contributed by atoms with Gasteiger partial charge in [-0.25, -0.2) is 0 Å². The molecule has 1 saturated carbocycles. The Hall–Kier alpha value is -0.350. The van der Waals surface area contributed by atoms with E-state index in [1.54, 1.807) is 0 Å². The fourth-order valence-corrected chi connectivity index (χ4v) is 4.42. The Kier molecular flexibility index (Phi) is 4.23. The summed E-state index contributed by atoms with van der Waals surface area (Å²) in [6.45, 7) is 1.83. The topological polar surface area (TPSA) is 20.3 Å². The maximum Gasteiger partial charge on any atom is 0.255 e. The van der Waals surface area contributed by atoms with E-state index >= 15 is 0 Å². The standard InChI is InChI=1S/C16H19Br2NO/c17-12-3-4-14(18)13(11-12)15(20)19-9-7-16(8-10-19)5-1-2-6-16/h3-4,11H,1-2,5-10H2. The molecule has 1 spiro atoms. The van der Waals surface area contributed by atoms with Gasteiger partial charge < -0.3 is 4.90 Å². The Morgan fingerprint density at radius 3 is 2.35 bits per heavy atom.